The second kappa shape index (κ2) is 6.54. The summed E-state index contributed by atoms with van der Waals surface area (Å²) < 4.78 is 0. The summed E-state index contributed by atoms with van der Waals surface area (Å²) in [5, 5.41) is 5.08. The van der Waals surface area contributed by atoms with Crippen molar-refractivity contribution in [2.45, 2.75) is 26.4 Å². The molecule has 0 saturated heterocycles. The monoisotopic (exact) mass is 296 g/mol. The van der Waals surface area contributed by atoms with Crippen LogP contribution in [0.3, 0.4) is 0 Å². The third-order valence-electron chi connectivity index (χ3n) is 3.80. The largest absolute Gasteiger partial charge is 0.396 e. The summed E-state index contributed by atoms with van der Waals surface area (Å²) in [4.78, 5) is 0. The summed E-state index contributed by atoms with van der Waals surface area (Å²) in [6, 6.07) is 8.24. The lowest BCUT2D eigenvalue weighted by molar-refractivity contribution is 0.341. The molecule has 0 spiro atoms. The Balaban J connectivity index is 2.79. The summed E-state index contributed by atoms with van der Waals surface area (Å²) in [5.41, 5.74) is 11.7. The van der Waals surface area contributed by atoms with E-state index < -0.39 is 0 Å². The van der Waals surface area contributed by atoms with E-state index in [0.29, 0.717) is 12.2 Å². The standard InChI is InChI=1S/C18H24N4/c1-5-14-16(6-2)21-11-13-9-7-8-10-15(13)18(17(14)19)22(20)12(3)4/h5-10,12,21H,1-2,11,19-20H2,3-4H3/b16-14-,18-17-. The molecule has 1 aliphatic heterocycles. The van der Waals surface area contributed by atoms with Crippen molar-refractivity contribution in [1.82, 2.24) is 10.3 Å². The SMILES string of the molecule is C=C/C1=C(C=C)/C(N)=C(/N(N)C(C)C)c2ccccc2CN1. The van der Waals surface area contributed by atoms with Crippen LogP contribution >= 0.6 is 0 Å². The van der Waals surface area contributed by atoms with Crippen LogP contribution in [0.25, 0.3) is 5.70 Å². The van der Waals surface area contributed by atoms with E-state index in [0.717, 1.165) is 28.1 Å². The number of allylic oxidation sites excluding steroid dienone is 2. The van der Waals surface area contributed by atoms with E-state index >= 15 is 0 Å². The van der Waals surface area contributed by atoms with Gasteiger partial charge in [0.05, 0.1) is 11.4 Å². The van der Waals surface area contributed by atoms with Gasteiger partial charge < -0.3 is 16.1 Å². The zero-order valence-corrected chi connectivity index (χ0v) is 13.3. The van der Waals surface area contributed by atoms with Crippen LogP contribution in [0.5, 0.6) is 0 Å². The first-order valence-corrected chi connectivity index (χ1v) is 7.36. The first-order valence-electron chi connectivity index (χ1n) is 7.36. The Labute approximate surface area is 132 Å². The number of nitrogens with one attached hydrogen (secondary N) is 1. The van der Waals surface area contributed by atoms with Crippen molar-refractivity contribution in [3.63, 3.8) is 0 Å². The first kappa shape index (κ1) is 15.9. The molecule has 0 fully saturated rings. The number of rotatable bonds is 4. The van der Waals surface area contributed by atoms with Gasteiger partial charge in [-0.3, -0.25) is 0 Å². The van der Waals surface area contributed by atoms with Crippen molar-refractivity contribution in [3.05, 3.63) is 77.7 Å². The fraction of sp³-hybridized carbons (Fsp3) is 0.222. The molecule has 2 rings (SSSR count). The zero-order chi connectivity index (χ0) is 16.3. The van der Waals surface area contributed by atoms with Crippen LogP contribution in [-0.4, -0.2) is 11.1 Å². The molecule has 1 aliphatic rings. The van der Waals surface area contributed by atoms with Crippen molar-refractivity contribution < 1.29 is 0 Å². The quantitative estimate of drug-likeness (QED) is 0.590. The molecule has 0 aliphatic carbocycles. The van der Waals surface area contributed by atoms with Gasteiger partial charge in [0.1, 0.15) is 0 Å². The highest BCUT2D eigenvalue weighted by Gasteiger charge is 2.22. The molecule has 0 amide bonds. The van der Waals surface area contributed by atoms with Crippen LogP contribution in [0, 0.1) is 0 Å². The smallest absolute Gasteiger partial charge is 0.0832 e. The van der Waals surface area contributed by atoms with E-state index in [-0.39, 0.29) is 6.04 Å². The minimum Gasteiger partial charge on any atom is -0.396 e. The van der Waals surface area contributed by atoms with Crippen LogP contribution in [0.1, 0.15) is 25.0 Å². The Kier molecular flexibility index (Phi) is 4.73. The third kappa shape index (κ3) is 2.78. The molecule has 0 atom stereocenters. The van der Waals surface area contributed by atoms with Crippen LogP contribution in [0.4, 0.5) is 0 Å². The van der Waals surface area contributed by atoms with Gasteiger partial charge in [-0.1, -0.05) is 43.5 Å². The molecular weight excluding hydrogens is 272 g/mol. The van der Waals surface area contributed by atoms with Crippen molar-refractivity contribution in [2.75, 3.05) is 0 Å². The Morgan fingerprint density at radius 3 is 2.50 bits per heavy atom. The average molecular weight is 296 g/mol. The summed E-state index contributed by atoms with van der Waals surface area (Å²) >= 11 is 0. The molecule has 1 aromatic carbocycles. The maximum Gasteiger partial charge on any atom is 0.0832 e. The van der Waals surface area contributed by atoms with E-state index in [1.54, 1.807) is 17.2 Å². The highest BCUT2D eigenvalue weighted by Crippen LogP contribution is 2.30. The molecule has 1 aromatic rings. The lowest BCUT2D eigenvalue weighted by Crippen LogP contribution is -2.38. The lowest BCUT2D eigenvalue weighted by atomic mass is 9.96. The fourth-order valence-corrected chi connectivity index (χ4v) is 2.55. The van der Waals surface area contributed by atoms with Gasteiger partial charge in [0.25, 0.3) is 0 Å². The van der Waals surface area contributed by atoms with Gasteiger partial charge in [0, 0.05) is 29.4 Å². The predicted molar refractivity (Wildman–Crippen MR) is 93.0 cm³/mol. The topological polar surface area (TPSA) is 67.3 Å². The highest BCUT2D eigenvalue weighted by molar-refractivity contribution is 5.74. The minimum absolute atomic E-state index is 0.118. The average Bonchev–Trinajstić information content (AvgIpc) is 2.50. The molecule has 116 valence electrons. The number of nitrogens with zero attached hydrogens (tertiary/aromatic N) is 1. The number of nitrogens with two attached hydrogens (primary N) is 2. The number of hydrogen-bond donors (Lipinski definition) is 3. The van der Waals surface area contributed by atoms with Gasteiger partial charge in [-0.15, -0.1) is 0 Å². The molecular formula is C18H24N4. The number of hydrazine groups is 1. The van der Waals surface area contributed by atoms with Gasteiger partial charge in [0.2, 0.25) is 0 Å². The van der Waals surface area contributed by atoms with Crippen LogP contribution in [-0.2, 0) is 6.54 Å². The van der Waals surface area contributed by atoms with Crippen molar-refractivity contribution in [3.8, 4) is 0 Å². The minimum atomic E-state index is 0.118. The van der Waals surface area contributed by atoms with E-state index in [1.807, 2.05) is 32.0 Å². The normalized spacial score (nSPS) is 21.5. The number of hydrogen-bond acceptors (Lipinski definition) is 4. The van der Waals surface area contributed by atoms with Crippen LogP contribution in [0.2, 0.25) is 0 Å². The van der Waals surface area contributed by atoms with Gasteiger partial charge in [-0.25, -0.2) is 5.84 Å². The predicted octanol–water partition coefficient (Wildman–Crippen LogP) is 2.63. The second-order valence-corrected chi connectivity index (χ2v) is 5.51. The van der Waals surface area contributed by atoms with Crippen LogP contribution < -0.4 is 16.9 Å². The summed E-state index contributed by atoms with van der Waals surface area (Å²) in [6.45, 7) is 12.5. The Morgan fingerprint density at radius 1 is 1.23 bits per heavy atom. The molecule has 5 N–H and O–H groups in total. The van der Waals surface area contributed by atoms with E-state index in [4.69, 9.17) is 11.6 Å². The Morgan fingerprint density at radius 2 is 1.91 bits per heavy atom. The number of fused-ring (bicyclic) bond motifs is 1. The zero-order valence-electron chi connectivity index (χ0n) is 13.3. The summed E-state index contributed by atoms with van der Waals surface area (Å²) in [5.74, 6) is 6.31. The fourth-order valence-electron chi connectivity index (χ4n) is 2.55. The van der Waals surface area contributed by atoms with Crippen LogP contribution in [0.15, 0.2) is 66.5 Å². The maximum absolute atomic E-state index is 6.46. The van der Waals surface area contributed by atoms with E-state index in [1.165, 1.54) is 0 Å². The lowest BCUT2D eigenvalue weighted by Gasteiger charge is -2.31. The van der Waals surface area contributed by atoms with E-state index in [2.05, 4.69) is 24.5 Å². The molecule has 0 radical (unpaired) electrons. The van der Waals surface area contributed by atoms with Crippen molar-refractivity contribution in [2.24, 2.45) is 11.6 Å². The van der Waals surface area contributed by atoms with Crippen molar-refractivity contribution >= 4 is 5.70 Å². The Hall–Kier alpha value is -2.46. The maximum atomic E-state index is 6.46. The highest BCUT2D eigenvalue weighted by atomic mass is 15.4. The molecule has 4 heteroatoms. The molecule has 0 saturated carbocycles. The molecule has 4 nitrogen and oxygen atoms in total. The molecule has 1 heterocycles. The third-order valence-corrected chi connectivity index (χ3v) is 3.80. The molecule has 0 unspecified atom stereocenters. The van der Waals surface area contributed by atoms with Gasteiger partial charge in [-0.05, 0) is 25.5 Å². The van der Waals surface area contributed by atoms with Crippen molar-refractivity contribution in [1.29, 1.82) is 0 Å². The molecule has 0 bridgehead atoms. The van der Waals surface area contributed by atoms with Gasteiger partial charge in [-0.2, -0.15) is 0 Å². The van der Waals surface area contributed by atoms with Gasteiger partial charge >= 0.3 is 0 Å². The molecule has 0 aromatic heterocycles. The Bertz CT molecular complexity index is 653. The number of benzene rings is 1. The summed E-state index contributed by atoms with van der Waals surface area (Å²) in [7, 11) is 0. The first-order chi connectivity index (χ1) is 10.5. The summed E-state index contributed by atoms with van der Waals surface area (Å²) in [6.07, 6.45) is 3.49. The van der Waals surface area contributed by atoms with E-state index in [9.17, 15) is 0 Å². The second-order valence-electron chi connectivity index (χ2n) is 5.51. The van der Waals surface area contributed by atoms with Gasteiger partial charge in [0.15, 0.2) is 0 Å². The molecule has 22 heavy (non-hydrogen) atoms.